The summed E-state index contributed by atoms with van der Waals surface area (Å²) in [4.78, 5) is 9.37. The Kier molecular flexibility index (Phi) is 37.1. The highest BCUT2D eigenvalue weighted by Crippen LogP contribution is 2.73. The SMILES string of the molecule is CC#N.CCC(=O)O.CC[C@@H](CC[C@@H](C)[C@H]1CC[C@H]2[C@@H]3CC=C4C[C@@H](O)CC[C@]4(C)[C@H]3CC[C@]12C)C(C)C.CC[C@H](CC[C@@H](C)[C@H]1CC[C@H]2[C@@H]3CC=C4C[C@@H](O)CC[C@]4(C)[C@H]3CC[C@]12C)C(C)C.CC[C@H](CC[C@@H](C)[C@H]1CC[C@H]2[C@@H]3CC=C4C[C@@H](O)CC[C@]4(C)[C@H]3CC[C@]12C)C(C)C.CC[C@H](CC[C@@H](C)[C@H]1CC[C@H]2[C@@H]3CC=C4C[C@@H](O)CC[C@]4(C)[C@H]3CC[C@]12C)C(C)C. The standard InChI is InChI=1S/4C29H50O.C3H6O2.C2H3N/c4*1-7-21(19(2)3)9-8-20(4)25-12-13-26-24-11-10-22-18-23(30)14-16-28(22,5)27(24)15-17-29(25,26)6;1-2-3(4)5;1-2-3/h4*10,19-21,23-27,30H,7-9,11-18H2,1-6H3;2H2,1H3,(H,4,5);1H3/t20-,21+,23+,24+,25-,26+,27+,28+,29-;3*20-,21-,23+,24+,25-,26+,27+,28+,29-;;/m1111../s1. The van der Waals surface area contributed by atoms with Crippen LogP contribution in [0.5, 0.6) is 0 Å². The number of hydrogen-bond donors (Lipinski definition) is 5. The summed E-state index contributed by atoms with van der Waals surface area (Å²) < 4.78 is 0. The molecule has 0 amide bonds. The predicted octanol–water partition coefficient (Wildman–Crippen LogP) is 33.1. The van der Waals surface area contributed by atoms with E-state index in [4.69, 9.17) is 10.4 Å². The number of carbonyl (C=O) groups is 1. The first-order valence-corrected chi connectivity index (χ1v) is 56.5. The van der Waals surface area contributed by atoms with Crippen molar-refractivity contribution in [2.24, 2.45) is 209 Å². The summed E-state index contributed by atoms with van der Waals surface area (Å²) in [5.41, 5.74) is 10.3. The summed E-state index contributed by atoms with van der Waals surface area (Å²) in [6.07, 6.45) is 68.6. The van der Waals surface area contributed by atoms with Gasteiger partial charge in [-0.1, -0.05) is 271 Å². The number of aliphatic hydroxyl groups is 4. The molecule has 12 fully saturated rings. The van der Waals surface area contributed by atoms with Gasteiger partial charge in [-0.15, -0.1) is 0 Å². The molecule has 7 nitrogen and oxygen atoms in total. The number of carboxylic acids is 1. The minimum Gasteiger partial charge on any atom is -0.481 e. The van der Waals surface area contributed by atoms with E-state index < -0.39 is 5.97 Å². The van der Waals surface area contributed by atoms with Crippen LogP contribution in [0.25, 0.3) is 0 Å². The second kappa shape index (κ2) is 44.7. The summed E-state index contributed by atoms with van der Waals surface area (Å²) in [5, 5.41) is 56.0. The highest BCUT2D eigenvalue weighted by atomic mass is 16.4. The van der Waals surface area contributed by atoms with Gasteiger partial charge >= 0.3 is 5.97 Å². The Morgan fingerprint density at radius 2 is 0.508 bits per heavy atom. The second-order valence-corrected chi connectivity index (χ2v) is 52.4. The van der Waals surface area contributed by atoms with Gasteiger partial charge in [0, 0.05) is 13.3 Å². The molecule has 16 rings (SSSR count). The van der Waals surface area contributed by atoms with Crippen LogP contribution in [-0.2, 0) is 4.79 Å². The van der Waals surface area contributed by atoms with Gasteiger partial charge in [0.25, 0.3) is 0 Å². The molecule has 128 heavy (non-hydrogen) atoms. The molecule has 734 valence electrons. The quantitative estimate of drug-likeness (QED) is 0.0573. The molecular weight excluding hydrogens is 1560 g/mol. The fourth-order valence-electron chi connectivity index (χ4n) is 37.2. The van der Waals surface area contributed by atoms with Gasteiger partial charge in [-0.2, -0.15) is 5.26 Å². The van der Waals surface area contributed by atoms with Crippen LogP contribution < -0.4 is 0 Å². The minimum atomic E-state index is -0.745. The number of aliphatic carboxylic acids is 1. The van der Waals surface area contributed by atoms with Gasteiger partial charge in [0.05, 0.1) is 30.5 Å². The van der Waals surface area contributed by atoms with E-state index in [1.807, 2.05) is 0 Å². The van der Waals surface area contributed by atoms with Crippen molar-refractivity contribution in [2.45, 2.75) is 493 Å². The average Bonchev–Trinajstić information content (AvgIpc) is 1.44. The van der Waals surface area contributed by atoms with Crippen molar-refractivity contribution < 1.29 is 30.3 Å². The van der Waals surface area contributed by atoms with Crippen molar-refractivity contribution in [3.05, 3.63) is 46.6 Å². The number of rotatable bonds is 25. The molecule has 0 aromatic carbocycles. The second-order valence-electron chi connectivity index (χ2n) is 52.4. The van der Waals surface area contributed by atoms with Gasteiger partial charge in [0.1, 0.15) is 0 Å². The molecule has 0 aliphatic heterocycles. The number of nitrogens with zero attached hydrogens (tertiary/aromatic N) is 1. The lowest BCUT2D eigenvalue weighted by Crippen LogP contribution is -2.50. The number of allylic oxidation sites excluding steroid dienone is 4. The van der Waals surface area contributed by atoms with E-state index in [2.05, 4.69) is 190 Å². The van der Waals surface area contributed by atoms with Gasteiger partial charge in [-0.05, 0) is 440 Å². The molecule has 16 aliphatic carbocycles. The molecule has 16 aliphatic rings. The fraction of sp³-hybridized carbons (Fsp3) is 0.917. The molecule has 36 atom stereocenters. The minimum absolute atomic E-state index is 0.0794. The first-order chi connectivity index (χ1) is 60.5. The van der Waals surface area contributed by atoms with Gasteiger partial charge in [-0.3, -0.25) is 4.79 Å². The van der Waals surface area contributed by atoms with Crippen LogP contribution in [0.3, 0.4) is 0 Å². The van der Waals surface area contributed by atoms with Crippen molar-refractivity contribution in [3.8, 4) is 6.07 Å². The van der Waals surface area contributed by atoms with Crippen LogP contribution >= 0.6 is 0 Å². The lowest BCUT2D eigenvalue weighted by atomic mass is 9.47. The maximum Gasteiger partial charge on any atom is 0.303 e. The van der Waals surface area contributed by atoms with Crippen molar-refractivity contribution in [2.75, 3.05) is 0 Å². The summed E-state index contributed by atoms with van der Waals surface area (Å²) in [6.45, 7) is 63.4. The molecule has 0 heterocycles. The lowest BCUT2D eigenvalue weighted by Gasteiger charge is -2.58. The third-order valence-corrected chi connectivity index (χ3v) is 45.5. The van der Waals surface area contributed by atoms with E-state index >= 15 is 0 Å². The fourth-order valence-corrected chi connectivity index (χ4v) is 37.2. The predicted molar refractivity (Wildman–Crippen MR) is 542 cm³/mol. The molecule has 0 saturated heterocycles. The van der Waals surface area contributed by atoms with Gasteiger partial charge in [-0.25, -0.2) is 0 Å². The van der Waals surface area contributed by atoms with Crippen LogP contribution in [0.15, 0.2) is 46.6 Å². The van der Waals surface area contributed by atoms with Gasteiger partial charge < -0.3 is 25.5 Å². The smallest absolute Gasteiger partial charge is 0.303 e. The Bertz CT molecular complexity index is 3220. The van der Waals surface area contributed by atoms with Crippen molar-refractivity contribution in [1.82, 2.24) is 0 Å². The number of aliphatic hydroxyl groups excluding tert-OH is 4. The number of carboxylic acid groups (broad SMARTS) is 1. The first-order valence-electron chi connectivity index (χ1n) is 56.5. The van der Waals surface area contributed by atoms with Gasteiger partial charge in [0.2, 0.25) is 0 Å². The van der Waals surface area contributed by atoms with E-state index in [0.717, 1.165) is 217 Å². The largest absolute Gasteiger partial charge is 0.481 e. The average molecular weight is 1770 g/mol. The zero-order chi connectivity index (χ0) is 93.7. The van der Waals surface area contributed by atoms with Crippen molar-refractivity contribution in [1.29, 1.82) is 5.26 Å². The van der Waals surface area contributed by atoms with E-state index in [1.165, 1.54) is 238 Å². The van der Waals surface area contributed by atoms with Crippen LogP contribution in [-0.4, -0.2) is 55.9 Å². The molecule has 0 spiro atoms. The maximum atomic E-state index is 10.2. The monoisotopic (exact) mass is 1770 g/mol. The van der Waals surface area contributed by atoms with E-state index in [0.29, 0.717) is 43.3 Å². The van der Waals surface area contributed by atoms with E-state index in [9.17, 15) is 25.2 Å². The van der Waals surface area contributed by atoms with Crippen LogP contribution in [0.2, 0.25) is 0 Å². The summed E-state index contributed by atoms with van der Waals surface area (Å²) in [5.74, 6) is 24.5. The molecule has 0 aromatic rings. The molecule has 0 bridgehead atoms. The molecule has 7 heteroatoms. The number of fused-ring (bicyclic) bond motifs is 20. The summed E-state index contributed by atoms with van der Waals surface area (Å²) in [7, 11) is 0. The Hall–Kier alpha value is -2.24. The highest BCUT2D eigenvalue weighted by Gasteiger charge is 2.65. The molecular formula is C121H209NO6. The van der Waals surface area contributed by atoms with Crippen LogP contribution in [0, 0.1) is 220 Å². The number of nitriles is 1. The molecule has 0 aromatic heterocycles. The zero-order valence-electron chi connectivity index (χ0n) is 88.7. The third-order valence-electron chi connectivity index (χ3n) is 45.5. The summed E-state index contributed by atoms with van der Waals surface area (Å²) >= 11 is 0. The summed E-state index contributed by atoms with van der Waals surface area (Å²) in [6, 6.07) is 1.75. The lowest BCUT2D eigenvalue weighted by molar-refractivity contribution is -0.136. The zero-order valence-corrected chi connectivity index (χ0v) is 88.7. The normalized spacial score (nSPS) is 42.9. The van der Waals surface area contributed by atoms with E-state index in [-0.39, 0.29) is 30.8 Å². The van der Waals surface area contributed by atoms with Crippen LogP contribution in [0.4, 0.5) is 0 Å². The van der Waals surface area contributed by atoms with Crippen molar-refractivity contribution >= 4 is 5.97 Å². The first kappa shape index (κ1) is 106. The van der Waals surface area contributed by atoms with E-state index in [1.54, 1.807) is 35.3 Å². The highest BCUT2D eigenvalue weighted by molar-refractivity contribution is 5.66. The molecule has 0 unspecified atom stereocenters. The third kappa shape index (κ3) is 21.9. The maximum absolute atomic E-state index is 10.2. The Morgan fingerprint density at radius 3 is 0.672 bits per heavy atom. The Morgan fingerprint density at radius 1 is 0.320 bits per heavy atom. The Balaban J connectivity index is 0.000000160. The number of hydrogen-bond acceptors (Lipinski definition) is 6. The molecule has 0 radical (unpaired) electrons. The Labute approximate surface area is 791 Å². The van der Waals surface area contributed by atoms with Crippen LogP contribution in [0.1, 0.15) is 469 Å². The van der Waals surface area contributed by atoms with Crippen molar-refractivity contribution in [3.63, 3.8) is 0 Å². The van der Waals surface area contributed by atoms with Gasteiger partial charge in [0.15, 0.2) is 0 Å². The molecule has 5 N–H and O–H groups in total. The molecule has 12 saturated carbocycles. The topological polar surface area (TPSA) is 142 Å².